The van der Waals surface area contributed by atoms with Gasteiger partial charge in [0.25, 0.3) is 5.91 Å². The number of carbonyl (C=O) groups is 1. The third-order valence-corrected chi connectivity index (χ3v) is 5.08. The Morgan fingerprint density at radius 1 is 1.07 bits per heavy atom. The van der Waals surface area contributed by atoms with Gasteiger partial charge < -0.3 is 23.8 Å². The highest BCUT2D eigenvalue weighted by Gasteiger charge is 2.33. The van der Waals surface area contributed by atoms with Gasteiger partial charge in [0, 0.05) is 17.7 Å². The van der Waals surface area contributed by atoms with Crippen molar-refractivity contribution in [2.24, 2.45) is 0 Å². The Bertz CT molecular complexity index is 880. The van der Waals surface area contributed by atoms with Gasteiger partial charge in [0.2, 0.25) is 0 Å². The fraction of sp³-hybridized carbons (Fsp3) is 0.348. The van der Waals surface area contributed by atoms with Gasteiger partial charge in [-0.1, -0.05) is 12.7 Å². The lowest BCUT2D eigenvalue weighted by molar-refractivity contribution is 0.0733. The molecule has 1 amide bonds. The zero-order valence-corrected chi connectivity index (χ0v) is 17.1. The van der Waals surface area contributed by atoms with Crippen molar-refractivity contribution < 1.29 is 23.7 Å². The van der Waals surface area contributed by atoms with E-state index in [1.807, 2.05) is 23.1 Å². The van der Waals surface area contributed by atoms with Gasteiger partial charge in [-0.2, -0.15) is 0 Å². The van der Waals surface area contributed by atoms with Crippen LogP contribution in [0, 0.1) is 0 Å². The number of ether oxygens (including phenoxy) is 4. The lowest BCUT2D eigenvalue weighted by atomic mass is 10.0. The fourth-order valence-electron chi connectivity index (χ4n) is 3.67. The monoisotopic (exact) mass is 397 g/mol. The van der Waals surface area contributed by atoms with Crippen LogP contribution in [0.3, 0.4) is 0 Å². The average Bonchev–Trinajstić information content (AvgIpc) is 3.26. The van der Waals surface area contributed by atoms with E-state index in [1.54, 1.807) is 45.6 Å². The van der Waals surface area contributed by atoms with Gasteiger partial charge in [0.15, 0.2) is 11.5 Å². The van der Waals surface area contributed by atoms with Crippen LogP contribution in [0.2, 0.25) is 0 Å². The summed E-state index contributed by atoms with van der Waals surface area (Å²) in [5, 5.41) is 0. The average molecular weight is 397 g/mol. The van der Waals surface area contributed by atoms with Crippen molar-refractivity contribution in [3.05, 3.63) is 60.2 Å². The van der Waals surface area contributed by atoms with E-state index in [4.69, 9.17) is 18.9 Å². The van der Waals surface area contributed by atoms with E-state index < -0.39 is 0 Å². The van der Waals surface area contributed by atoms with Crippen molar-refractivity contribution in [3.63, 3.8) is 0 Å². The molecule has 1 aliphatic rings. The molecule has 1 atom stereocenters. The summed E-state index contributed by atoms with van der Waals surface area (Å²) in [6.45, 7) is 4.70. The number of amides is 1. The molecular weight excluding hydrogens is 370 g/mol. The predicted octanol–water partition coefficient (Wildman–Crippen LogP) is 4.25. The summed E-state index contributed by atoms with van der Waals surface area (Å²) in [7, 11) is 4.83. The van der Waals surface area contributed by atoms with Crippen LogP contribution in [0.5, 0.6) is 23.0 Å². The van der Waals surface area contributed by atoms with Crippen LogP contribution in [0.15, 0.2) is 49.1 Å². The second-order valence-corrected chi connectivity index (χ2v) is 6.73. The number of likely N-dealkylation sites (tertiary alicyclic amines) is 1. The molecule has 1 saturated heterocycles. The Morgan fingerprint density at radius 2 is 1.83 bits per heavy atom. The number of carbonyl (C=O) groups excluding carboxylic acids is 1. The Morgan fingerprint density at radius 3 is 2.52 bits per heavy atom. The Hall–Kier alpha value is -3.15. The summed E-state index contributed by atoms with van der Waals surface area (Å²) in [6.07, 6.45) is 3.45. The van der Waals surface area contributed by atoms with Crippen molar-refractivity contribution in [2.45, 2.75) is 18.9 Å². The van der Waals surface area contributed by atoms with Crippen LogP contribution in [0.4, 0.5) is 0 Å². The molecule has 2 aromatic rings. The number of nitrogens with zero attached hydrogens (tertiary/aromatic N) is 1. The van der Waals surface area contributed by atoms with Gasteiger partial charge in [-0.15, -0.1) is 0 Å². The smallest absolute Gasteiger partial charge is 0.254 e. The van der Waals surface area contributed by atoms with Gasteiger partial charge in [-0.3, -0.25) is 4.79 Å². The number of rotatable bonds is 8. The van der Waals surface area contributed by atoms with Crippen molar-refractivity contribution in [1.82, 2.24) is 4.90 Å². The minimum absolute atomic E-state index is 0.0501. The maximum Gasteiger partial charge on any atom is 0.254 e. The zero-order chi connectivity index (χ0) is 20.8. The Balaban J connectivity index is 1.90. The lowest BCUT2D eigenvalue weighted by Gasteiger charge is -2.27. The van der Waals surface area contributed by atoms with Crippen molar-refractivity contribution in [2.75, 3.05) is 34.5 Å². The van der Waals surface area contributed by atoms with Gasteiger partial charge in [-0.25, -0.2) is 0 Å². The summed E-state index contributed by atoms with van der Waals surface area (Å²) in [6, 6.07) is 10.9. The molecule has 0 radical (unpaired) electrons. The summed E-state index contributed by atoms with van der Waals surface area (Å²) in [5.74, 6) is 2.54. The van der Waals surface area contributed by atoms with Gasteiger partial charge in [0.1, 0.15) is 18.1 Å². The molecule has 2 aromatic carbocycles. The number of hydrogen-bond donors (Lipinski definition) is 0. The third-order valence-electron chi connectivity index (χ3n) is 5.08. The van der Waals surface area contributed by atoms with E-state index in [2.05, 4.69) is 6.58 Å². The molecule has 1 aliphatic heterocycles. The van der Waals surface area contributed by atoms with E-state index >= 15 is 0 Å². The van der Waals surface area contributed by atoms with E-state index in [0.29, 0.717) is 30.2 Å². The molecule has 1 unspecified atom stereocenters. The third kappa shape index (κ3) is 4.31. The molecule has 0 saturated carbocycles. The molecule has 3 rings (SSSR count). The highest BCUT2D eigenvalue weighted by atomic mass is 16.5. The van der Waals surface area contributed by atoms with Crippen molar-refractivity contribution in [3.8, 4) is 23.0 Å². The Labute approximate surface area is 171 Å². The van der Waals surface area contributed by atoms with Gasteiger partial charge >= 0.3 is 0 Å². The minimum atomic E-state index is -0.0739. The van der Waals surface area contributed by atoms with Crippen LogP contribution in [-0.4, -0.2) is 45.3 Å². The van der Waals surface area contributed by atoms with Crippen LogP contribution in [0.1, 0.15) is 34.8 Å². The number of methoxy groups -OCH3 is 3. The summed E-state index contributed by atoms with van der Waals surface area (Å²) >= 11 is 0. The molecule has 0 aliphatic carbocycles. The number of benzene rings is 2. The Kier molecular flexibility index (Phi) is 6.65. The maximum absolute atomic E-state index is 13.3. The predicted molar refractivity (Wildman–Crippen MR) is 111 cm³/mol. The molecule has 154 valence electrons. The highest BCUT2D eigenvalue weighted by molar-refractivity contribution is 5.95. The van der Waals surface area contributed by atoms with E-state index in [9.17, 15) is 4.79 Å². The molecule has 6 nitrogen and oxygen atoms in total. The normalized spacial score (nSPS) is 15.7. The molecule has 1 heterocycles. The topological polar surface area (TPSA) is 57.2 Å². The highest BCUT2D eigenvalue weighted by Crippen LogP contribution is 2.40. The van der Waals surface area contributed by atoms with E-state index in [1.165, 1.54) is 0 Å². The molecular formula is C23H27NO5. The summed E-state index contributed by atoms with van der Waals surface area (Å²) < 4.78 is 21.9. The molecule has 1 fully saturated rings. The summed E-state index contributed by atoms with van der Waals surface area (Å²) in [5.41, 5.74) is 1.51. The van der Waals surface area contributed by atoms with Gasteiger partial charge in [-0.05, 0) is 49.2 Å². The first-order valence-corrected chi connectivity index (χ1v) is 9.57. The molecule has 6 heteroatoms. The maximum atomic E-state index is 13.3. The number of hydrogen-bond acceptors (Lipinski definition) is 5. The lowest BCUT2D eigenvalue weighted by Crippen LogP contribution is -2.30. The molecule has 0 aromatic heterocycles. The fourth-order valence-corrected chi connectivity index (χ4v) is 3.67. The first-order valence-electron chi connectivity index (χ1n) is 9.57. The van der Waals surface area contributed by atoms with Crippen LogP contribution < -0.4 is 18.9 Å². The first kappa shape index (κ1) is 20.6. The first-order chi connectivity index (χ1) is 14.1. The van der Waals surface area contributed by atoms with Crippen molar-refractivity contribution >= 4 is 5.91 Å². The van der Waals surface area contributed by atoms with Crippen LogP contribution in [-0.2, 0) is 0 Å². The quantitative estimate of drug-likeness (QED) is 0.623. The second kappa shape index (κ2) is 9.37. The van der Waals surface area contributed by atoms with E-state index in [-0.39, 0.29) is 11.9 Å². The SMILES string of the molecule is C=CCOc1ccc(C(=O)N2CCCC2c2cc(OC)ccc2OC)cc1OC. The zero-order valence-electron chi connectivity index (χ0n) is 17.1. The largest absolute Gasteiger partial charge is 0.497 e. The molecule has 0 N–H and O–H groups in total. The second-order valence-electron chi connectivity index (χ2n) is 6.73. The van der Waals surface area contributed by atoms with Crippen LogP contribution in [0.25, 0.3) is 0 Å². The standard InChI is InChI=1S/C23H27NO5/c1-5-13-29-21-10-8-16(14-22(21)28-4)23(25)24-12-6-7-19(24)18-15-17(26-2)9-11-20(18)27-3/h5,8-11,14-15,19H,1,6-7,12-13H2,2-4H3. The molecule has 0 bridgehead atoms. The minimum Gasteiger partial charge on any atom is -0.497 e. The van der Waals surface area contributed by atoms with Gasteiger partial charge in [0.05, 0.1) is 27.4 Å². The van der Waals surface area contributed by atoms with Crippen LogP contribution >= 0.6 is 0 Å². The molecule has 29 heavy (non-hydrogen) atoms. The van der Waals surface area contributed by atoms with Crippen molar-refractivity contribution in [1.29, 1.82) is 0 Å². The molecule has 0 spiro atoms. The summed E-state index contributed by atoms with van der Waals surface area (Å²) in [4.78, 5) is 15.2. The van der Waals surface area contributed by atoms with E-state index in [0.717, 1.165) is 29.9 Å².